The lowest BCUT2D eigenvalue weighted by Crippen LogP contribution is -2.21. The molecule has 3 heteroatoms. The van der Waals surface area contributed by atoms with Crippen molar-refractivity contribution in [2.45, 2.75) is 34.6 Å². The van der Waals surface area contributed by atoms with Gasteiger partial charge in [-0.25, -0.2) is 0 Å². The summed E-state index contributed by atoms with van der Waals surface area (Å²) in [4.78, 5) is 9.62. The average molecular weight is 478 g/mol. The van der Waals surface area contributed by atoms with Crippen molar-refractivity contribution in [2.24, 2.45) is 4.99 Å². The van der Waals surface area contributed by atoms with E-state index >= 15 is 0 Å². The Morgan fingerprint density at radius 3 is 1.69 bits per heavy atom. The Morgan fingerprint density at radius 2 is 1.17 bits per heavy atom. The Kier molecular flexibility index (Phi) is 8.43. The van der Waals surface area contributed by atoms with Crippen LogP contribution >= 0.6 is 0 Å². The highest BCUT2D eigenvalue weighted by Gasteiger charge is 2.22. The third-order valence-corrected chi connectivity index (χ3v) is 7.03. The van der Waals surface area contributed by atoms with E-state index in [1.807, 2.05) is 0 Å². The summed E-state index contributed by atoms with van der Waals surface area (Å²) in [5.41, 5.74) is 10.9. The summed E-state index contributed by atoms with van der Waals surface area (Å²) in [5, 5.41) is 0. The number of fused-ring (bicyclic) bond motifs is 1. The number of allylic oxidation sites excluding steroid dienone is 3. The molecule has 0 N–H and O–H groups in total. The Hall–Kier alpha value is -3.59. The summed E-state index contributed by atoms with van der Waals surface area (Å²) in [6.45, 7) is 15.7. The first-order valence-corrected chi connectivity index (χ1v) is 13.4. The number of hydrogen-bond acceptors (Lipinski definition) is 3. The molecule has 0 fully saturated rings. The third kappa shape index (κ3) is 5.31. The van der Waals surface area contributed by atoms with Crippen LogP contribution < -0.4 is 9.80 Å². The van der Waals surface area contributed by atoms with Gasteiger partial charge >= 0.3 is 0 Å². The van der Waals surface area contributed by atoms with Gasteiger partial charge in [-0.05, 0) is 98.9 Å². The summed E-state index contributed by atoms with van der Waals surface area (Å²) in [5.74, 6) is 0. The molecule has 0 spiro atoms. The van der Waals surface area contributed by atoms with Crippen molar-refractivity contribution in [1.82, 2.24) is 0 Å². The van der Waals surface area contributed by atoms with Crippen LogP contribution in [0.15, 0.2) is 83.9 Å². The summed E-state index contributed by atoms with van der Waals surface area (Å²) >= 11 is 0. The Labute approximate surface area is 217 Å². The molecule has 0 unspecified atom stereocenters. The molecule has 3 aromatic rings. The van der Waals surface area contributed by atoms with Crippen molar-refractivity contribution in [3.05, 3.63) is 101 Å². The van der Waals surface area contributed by atoms with Crippen LogP contribution in [0.2, 0.25) is 0 Å². The van der Waals surface area contributed by atoms with Crippen LogP contribution in [0.5, 0.6) is 0 Å². The fraction of sp³-hybridized carbons (Fsp3) is 0.303. The zero-order valence-corrected chi connectivity index (χ0v) is 22.5. The SMILES string of the molecule is CCN=C1C=C(c2ccc(N(CC)CC)cc2)C(=Cc2ccc(N(CC)CC)cc2)c2ccccc21. The Balaban J connectivity index is 1.82. The predicted octanol–water partition coefficient (Wildman–Crippen LogP) is 7.83. The molecule has 0 radical (unpaired) electrons. The Bertz CT molecular complexity index is 1240. The molecule has 1 aliphatic carbocycles. The van der Waals surface area contributed by atoms with Crippen molar-refractivity contribution < 1.29 is 0 Å². The van der Waals surface area contributed by atoms with Crippen molar-refractivity contribution >= 4 is 34.3 Å². The van der Waals surface area contributed by atoms with Crippen molar-refractivity contribution in [1.29, 1.82) is 0 Å². The van der Waals surface area contributed by atoms with Crippen LogP contribution in [0.3, 0.4) is 0 Å². The second-order valence-corrected chi connectivity index (χ2v) is 9.00. The number of anilines is 2. The lowest BCUT2D eigenvalue weighted by molar-refractivity contribution is 0.866. The average Bonchev–Trinajstić information content (AvgIpc) is 2.93. The fourth-order valence-electron chi connectivity index (χ4n) is 5.05. The van der Waals surface area contributed by atoms with E-state index in [0.29, 0.717) is 0 Å². The maximum Gasteiger partial charge on any atom is 0.0659 e. The van der Waals surface area contributed by atoms with Gasteiger partial charge in [0.2, 0.25) is 0 Å². The second-order valence-electron chi connectivity index (χ2n) is 9.00. The molecule has 36 heavy (non-hydrogen) atoms. The van der Waals surface area contributed by atoms with E-state index < -0.39 is 0 Å². The molecule has 0 atom stereocenters. The van der Waals surface area contributed by atoms with Crippen molar-refractivity contribution in [3.63, 3.8) is 0 Å². The molecule has 0 bridgehead atoms. The van der Waals surface area contributed by atoms with E-state index in [4.69, 9.17) is 4.99 Å². The molecule has 0 amide bonds. The predicted molar refractivity (Wildman–Crippen MR) is 159 cm³/mol. The highest BCUT2D eigenvalue weighted by atomic mass is 15.1. The maximum absolute atomic E-state index is 4.86. The van der Waals surface area contributed by atoms with E-state index in [0.717, 1.165) is 38.4 Å². The van der Waals surface area contributed by atoms with Gasteiger partial charge in [0.05, 0.1) is 5.71 Å². The highest BCUT2D eigenvalue weighted by Crippen LogP contribution is 2.39. The van der Waals surface area contributed by atoms with Gasteiger partial charge in [-0.1, -0.05) is 48.5 Å². The van der Waals surface area contributed by atoms with Gasteiger partial charge < -0.3 is 9.80 Å². The minimum atomic E-state index is 0.764. The molecular weight excluding hydrogens is 438 g/mol. The Morgan fingerprint density at radius 1 is 0.639 bits per heavy atom. The molecule has 0 heterocycles. The number of aliphatic imine (C=N–C) groups is 1. The summed E-state index contributed by atoms with van der Waals surface area (Å²) in [7, 11) is 0. The normalized spacial score (nSPS) is 15.1. The van der Waals surface area contributed by atoms with Crippen molar-refractivity contribution in [3.8, 4) is 0 Å². The van der Waals surface area contributed by atoms with Crippen LogP contribution in [0.25, 0.3) is 17.2 Å². The fourth-order valence-corrected chi connectivity index (χ4v) is 5.05. The molecule has 0 aromatic heterocycles. The van der Waals surface area contributed by atoms with Gasteiger partial charge in [0.25, 0.3) is 0 Å². The first-order chi connectivity index (χ1) is 17.6. The lowest BCUT2D eigenvalue weighted by Gasteiger charge is -2.25. The number of rotatable bonds is 9. The second kappa shape index (κ2) is 11.9. The van der Waals surface area contributed by atoms with E-state index in [-0.39, 0.29) is 0 Å². The van der Waals surface area contributed by atoms with E-state index in [1.165, 1.54) is 44.8 Å². The van der Waals surface area contributed by atoms with Gasteiger partial charge in [0.15, 0.2) is 0 Å². The molecule has 0 aliphatic heterocycles. The summed E-state index contributed by atoms with van der Waals surface area (Å²) in [6, 6.07) is 26.6. The maximum atomic E-state index is 4.86. The van der Waals surface area contributed by atoms with Gasteiger partial charge in [-0.2, -0.15) is 0 Å². The number of nitrogens with zero attached hydrogens (tertiary/aromatic N) is 3. The van der Waals surface area contributed by atoms with Crippen LogP contribution in [0.4, 0.5) is 11.4 Å². The first-order valence-electron chi connectivity index (χ1n) is 13.4. The van der Waals surface area contributed by atoms with Gasteiger partial charge in [-0.15, -0.1) is 0 Å². The van der Waals surface area contributed by atoms with Crippen molar-refractivity contribution in [2.75, 3.05) is 42.5 Å². The number of benzene rings is 3. The van der Waals surface area contributed by atoms with Crippen LogP contribution in [0, 0.1) is 0 Å². The minimum Gasteiger partial charge on any atom is -0.372 e. The molecule has 0 saturated heterocycles. The topological polar surface area (TPSA) is 18.8 Å². The standard InChI is InChI=1S/C33H39N3/c1-6-34-33-24-31(26-17-21-28(22-18-26)36(9-4)10-5)32(29-13-11-12-14-30(29)33)23-25-15-19-27(20-16-25)35(7-2)8-3/h11-24H,6-10H2,1-5H3. The van der Waals surface area contributed by atoms with Crippen LogP contribution in [-0.2, 0) is 0 Å². The summed E-state index contributed by atoms with van der Waals surface area (Å²) < 4.78 is 0. The molecule has 0 saturated carbocycles. The molecule has 186 valence electrons. The first kappa shape index (κ1) is 25.5. The number of hydrogen-bond donors (Lipinski definition) is 0. The molecule has 3 aromatic carbocycles. The van der Waals surface area contributed by atoms with Gasteiger partial charge in [0, 0.05) is 49.7 Å². The largest absolute Gasteiger partial charge is 0.372 e. The highest BCUT2D eigenvalue weighted by molar-refractivity contribution is 6.28. The summed E-state index contributed by atoms with van der Waals surface area (Å²) in [6.07, 6.45) is 4.60. The van der Waals surface area contributed by atoms with Crippen LogP contribution in [0.1, 0.15) is 56.9 Å². The zero-order valence-electron chi connectivity index (χ0n) is 22.5. The smallest absolute Gasteiger partial charge is 0.0659 e. The molecule has 4 rings (SSSR count). The van der Waals surface area contributed by atoms with E-state index in [1.54, 1.807) is 0 Å². The molecular formula is C33H39N3. The molecule has 3 nitrogen and oxygen atoms in total. The minimum absolute atomic E-state index is 0.764. The zero-order chi connectivity index (χ0) is 25.5. The van der Waals surface area contributed by atoms with E-state index in [2.05, 4.69) is 129 Å². The third-order valence-electron chi connectivity index (χ3n) is 7.03. The van der Waals surface area contributed by atoms with E-state index in [9.17, 15) is 0 Å². The quantitative estimate of drug-likeness (QED) is 0.313. The van der Waals surface area contributed by atoms with Gasteiger partial charge in [0.1, 0.15) is 0 Å². The lowest BCUT2D eigenvalue weighted by atomic mass is 9.81. The monoisotopic (exact) mass is 477 g/mol. The molecule has 1 aliphatic rings. The van der Waals surface area contributed by atoms with Crippen LogP contribution in [-0.4, -0.2) is 38.4 Å². The van der Waals surface area contributed by atoms with Gasteiger partial charge in [-0.3, -0.25) is 4.99 Å².